The predicted molar refractivity (Wildman–Crippen MR) is 112 cm³/mol. The van der Waals surface area contributed by atoms with Gasteiger partial charge in [0.05, 0.1) is 35.0 Å². The molecule has 0 bridgehead atoms. The second kappa shape index (κ2) is 8.04. The van der Waals surface area contributed by atoms with Gasteiger partial charge >= 0.3 is 0 Å². The maximum atomic E-state index is 15.3. The Labute approximate surface area is 193 Å². The number of ether oxygens (including phenoxy) is 1. The number of anilines is 1. The van der Waals surface area contributed by atoms with Gasteiger partial charge in [-0.15, -0.1) is 10.2 Å². The molecule has 1 aromatic carbocycles. The summed E-state index contributed by atoms with van der Waals surface area (Å²) in [5, 5.41) is 14.0. The fraction of sp³-hybridized carbons (Fsp3) is 0.400. The summed E-state index contributed by atoms with van der Waals surface area (Å²) in [6.07, 6.45) is -1.81. The molecule has 4 heterocycles. The Morgan fingerprint density at radius 2 is 2.18 bits per heavy atom. The van der Waals surface area contributed by atoms with Crippen LogP contribution in [0.1, 0.15) is 4.11 Å². The Hall–Kier alpha value is -3.55. The Morgan fingerprint density at radius 1 is 1.35 bits per heavy atom. The van der Waals surface area contributed by atoms with E-state index in [2.05, 4.69) is 25.7 Å². The number of aromatic nitrogens is 6. The minimum Gasteiger partial charge on any atom is -0.479 e. The molecule has 180 valence electrons. The summed E-state index contributed by atoms with van der Waals surface area (Å²) < 4.78 is 99.2. The summed E-state index contributed by atoms with van der Waals surface area (Å²) >= 11 is 0. The Kier molecular flexibility index (Phi) is 4.45. The van der Waals surface area contributed by atoms with Crippen molar-refractivity contribution < 1.29 is 30.8 Å². The zero-order valence-corrected chi connectivity index (χ0v) is 17.5. The number of alkyl halides is 4. The van der Waals surface area contributed by atoms with E-state index < -0.39 is 56.2 Å². The first-order chi connectivity index (χ1) is 17.3. The first-order valence-corrected chi connectivity index (χ1v) is 10.0. The number of benzene rings is 1. The molecule has 0 saturated carbocycles. The van der Waals surface area contributed by atoms with Crippen LogP contribution in [0.2, 0.25) is 0 Å². The van der Waals surface area contributed by atoms with E-state index in [9.17, 15) is 17.6 Å². The average Bonchev–Trinajstić information content (AvgIpc) is 3.38. The monoisotopic (exact) mass is 485 g/mol. The predicted octanol–water partition coefficient (Wildman–Crippen LogP) is 2.92. The van der Waals surface area contributed by atoms with Gasteiger partial charge in [-0.1, -0.05) is 11.3 Å². The molecule has 5 rings (SSSR count). The molecule has 0 spiro atoms. The molecule has 0 amide bonds. The van der Waals surface area contributed by atoms with Crippen molar-refractivity contribution in [3.8, 4) is 17.0 Å². The fourth-order valence-electron chi connectivity index (χ4n) is 4.10. The Bertz CT molecular complexity index is 1470. The molecule has 9 nitrogen and oxygen atoms in total. The third kappa shape index (κ3) is 3.77. The van der Waals surface area contributed by atoms with E-state index in [0.29, 0.717) is 0 Å². The van der Waals surface area contributed by atoms with E-state index in [0.717, 1.165) is 15.4 Å². The van der Waals surface area contributed by atoms with Crippen molar-refractivity contribution in [2.75, 3.05) is 32.5 Å². The van der Waals surface area contributed by atoms with E-state index in [1.165, 1.54) is 30.1 Å². The molecule has 14 heteroatoms. The lowest BCUT2D eigenvalue weighted by Crippen LogP contribution is -2.38. The number of hydrogen-bond donors (Lipinski definition) is 1. The third-order valence-electron chi connectivity index (χ3n) is 5.55. The first kappa shape index (κ1) is 18.8. The molecule has 1 unspecified atom stereocenters. The number of likely N-dealkylation sites (tertiary alicyclic amines) is 1. The number of nitrogens with zero attached hydrogens (tertiary/aromatic N) is 7. The summed E-state index contributed by atoms with van der Waals surface area (Å²) in [6, 6.07) is 2.83. The molecule has 0 radical (unpaired) electrons. The highest BCUT2D eigenvalue weighted by Gasteiger charge is 2.47. The normalized spacial score (nSPS) is 20.1. The number of rotatable bonds is 6. The van der Waals surface area contributed by atoms with Gasteiger partial charge in [-0.05, 0) is 24.7 Å². The number of likely N-dealkylation sites (N-methyl/N-ethyl adjacent to an activating group) is 1. The Balaban J connectivity index is 1.64. The van der Waals surface area contributed by atoms with Crippen molar-refractivity contribution in [1.82, 2.24) is 34.5 Å². The molecule has 1 N–H and O–H groups in total. The van der Waals surface area contributed by atoms with Crippen LogP contribution in [0.4, 0.5) is 27.9 Å². The summed E-state index contributed by atoms with van der Waals surface area (Å²) in [5.74, 6) is -5.00. The SMILES string of the molecule is [2H]C([2H])([2H])Oc1nc(NC2CN(C)CC2(F)F)nn2cc(F)c(-c3ccc4nnn(CC(F)F)c4c3)c12. The second-order valence-electron chi connectivity index (χ2n) is 8.01. The molecule has 34 heavy (non-hydrogen) atoms. The van der Waals surface area contributed by atoms with Crippen LogP contribution < -0.4 is 10.1 Å². The Morgan fingerprint density at radius 3 is 2.88 bits per heavy atom. The van der Waals surface area contributed by atoms with Gasteiger partial charge in [-0.3, -0.25) is 4.90 Å². The largest absolute Gasteiger partial charge is 0.479 e. The average molecular weight is 485 g/mol. The molecule has 1 aliphatic rings. The molecule has 4 aromatic rings. The number of nitrogens with one attached hydrogen (secondary N) is 1. The van der Waals surface area contributed by atoms with Crippen LogP contribution >= 0.6 is 0 Å². The van der Waals surface area contributed by atoms with Crippen LogP contribution in [0.5, 0.6) is 5.88 Å². The summed E-state index contributed by atoms with van der Waals surface area (Å²) in [7, 11) is -1.51. The maximum absolute atomic E-state index is 15.3. The quantitative estimate of drug-likeness (QED) is 0.421. The van der Waals surface area contributed by atoms with Gasteiger partial charge in [0.1, 0.15) is 23.6 Å². The molecule has 3 aromatic heterocycles. The van der Waals surface area contributed by atoms with Gasteiger partial charge in [0, 0.05) is 6.54 Å². The highest BCUT2D eigenvalue weighted by molar-refractivity contribution is 5.89. The summed E-state index contributed by atoms with van der Waals surface area (Å²) in [5.41, 5.74) is 0.207. The van der Waals surface area contributed by atoms with E-state index in [-0.39, 0.29) is 34.2 Å². The minimum absolute atomic E-state index is 0.0461. The van der Waals surface area contributed by atoms with Gasteiger partial charge in [-0.25, -0.2) is 31.1 Å². The van der Waals surface area contributed by atoms with Crippen LogP contribution in [0.15, 0.2) is 24.4 Å². The smallest absolute Gasteiger partial charge is 0.281 e. The maximum Gasteiger partial charge on any atom is 0.281 e. The van der Waals surface area contributed by atoms with Gasteiger partial charge < -0.3 is 10.1 Å². The van der Waals surface area contributed by atoms with Crippen molar-refractivity contribution in [3.63, 3.8) is 0 Å². The first-order valence-electron chi connectivity index (χ1n) is 11.5. The van der Waals surface area contributed by atoms with Crippen molar-refractivity contribution in [2.24, 2.45) is 0 Å². The second-order valence-corrected chi connectivity index (χ2v) is 8.01. The highest BCUT2D eigenvalue weighted by atomic mass is 19.3. The summed E-state index contributed by atoms with van der Waals surface area (Å²) in [6.45, 7) is -1.30. The van der Waals surface area contributed by atoms with E-state index in [4.69, 9.17) is 8.85 Å². The van der Waals surface area contributed by atoms with Crippen molar-refractivity contribution >= 4 is 22.5 Å². The molecule has 1 saturated heterocycles. The molecule has 1 fully saturated rings. The molecule has 1 atom stereocenters. The lowest BCUT2D eigenvalue weighted by molar-refractivity contribution is 0.00582. The lowest BCUT2D eigenvalue weighted by atomic mass is 10.1. The van der Waals surface area contributed by atoms with Gasteiger partial charge in [0.15, 0.2) is 5.82 Å². The third-order valence-corrected chi connectivity index (χ3v) is 5.55. The minimum atomic E-state index is -3.13. The number of methoxy groups -OCH3 is 1. The van der Waals surface area contributed by atoms with Gasteiger partial charge in [-0.2, -0.15) is 4.98 Å². The number of hydrogen-bond acceptors (Lipinski definition) is 7. The van der Waals surface area contributed by atoms with E-state index in [1.807, 2.05) is 0 Å². The van der Waals surface area contributed by atoms with Crippen LogP contribution in [0, 0.1) is 5.82 Å². The topological polar surface area (TPSA) is 85.4 Å². The number of fused-ring (bicyclic) bond motifs is 2. The lowest BCUT2D eigenvalue weighted by Gasteiger charge is -2.19. The van der Waals surface area contributed by atoms with Crippen LogP contribution in [0.25, 0.3) is 27.7 Å². The van der Waals surface area contributed by atoms with Crippen molar-refractivity contribution in [1.29, 1.82) is 0 Å². The van der Waals surface area contributed by atoms with Crippen molar-refractivity contribution in [2.45, 2.75) is 24.9 Å². The van der Waals surface area contributed by atoms with Gasteiger partial charge in [0.25, 0.3) is 12.3 Å². The van der Waals surface area contributed by atoms with Gasteiger partial charge in [0.2, 0.25) is 11.8 Å². The zero-order valence-electron chi connectivity index (χ0n) is 20.5. The van der Waals surface area contributed by atoms with E-state index >= 15 is 4.39 Å². The summed E-state index contributed by atoms with van der Waals surface area (Å²) in [4.78, 5) is 5.37. The van der Waals surface area contributed by atoms with E-state index in [1.54, 1.807) is 0 Å². The molecule has 1 aliphatic heterocycles. The van der Waals surface area contributed by atoms with Crippen LogP contribution in [-0.4, -0.2) is 80.1 Å². The fourth-order valence-corrected chi connectivity index (χ4v) is 4.10. The number of halogens is 5. The molecule has 0 aliphatic carbocycles. The van der Waals surface area contributed by atoms with Crippen LogP contribution in [0.3, 0.4) is 0 Å². The highest BCUT2D eigenvalue weighted by Crippen LogP contribution is 2.36. The zero-order chi connectivity index (χ0) is 26.7. The standard InChI is InChI=1S/C20H19F5N8O/c1-31-7-14(20(24,25)9-31)26-19-27-18(34-2)17-16(11(21)6-33(17)29-19)10-3-4-12-13(5-10)32(30-28-12)8-15(22)23/h3-6,14-15H,7-9H2,1-2H3,(H,26,29)/i2D3. The molecular formula is C20H19F5N8O. The van der Waals surface area contributed by atoms with Crippen molar-refractivity contribution in [3.05, 3.63) is 30.2 Å². The van der Waals surface area contributed by atoms with Crippen LogP contribution in [-0.2, 0) is 6.54 Å². The molecular weight excluding hydrogens is 463 g/mol.